The monoisotopic (exact) mass is 562 g/mol. The molecule has 0 atom stereocenters. The standard InChI is InChI=1S/C15H22N2O2Si.C10H13BrN2O2/c1-15(2,3)19-14(18)17-13-11-12(7-9-16-13)8-10-20(4,5)6;1-10(2,3)15-9(14)13-8-6-7(11)4-5-12-8/h7,9,11H,1-6H3,(H,16,17,18);4-6H,1-3H3,(H,12,13,14). The van der Waals surface area contributed by atoms with Crippen LogP contribution in [0.15, 0.2) is 41.1 Å². The van der Waals surface area contributed by atoms with E-state index in [0.29, 0.717) is 11.6 Å². The van der Waals surface area contributed by atoms with E-state index in [9.17, 15) is 9.59 Å². The smallest absolute Gasteiger partial charge is 0.413 e. The molecule has 0 aliphatic rings. The number of pyridine rings is 2. The van der Waals surface area contributed by atoms with Gasteiger partial charge in [0.05, 0.1) is 0 Å². The van der Waals surface area contributed by atoms with Crippen molar-refractivity contribution in [2.75, 3.05) is 10.6 Å². The molecule has 0 aliphatic carbocycles. The Bertz CT molecular complexity index is 1080. The Kier molecular flexibility index (Phi) is 10.9. The number of hydrogen-bond donors (Lipinski definition) is 2. The third kappa shape index (κ3) is 15.6. The van der Waals surface area contributed by atoms with Crippen LogP contribution in [0.4, 0.5) is 21.2 Å². The molecular weight excluding hydrogens is 528 g/mol. The van der Waals surface area contributed by atoms with Crippen LogP contribution < -0.4 is 10.6 Å². The quantitative estimate of drug-likeness (QED) is 0.306. The van der Waals surface area contributed by atoms with Crippen molar-refractivity contribution in [1.82, 2.24) is 9.97 Å². The molecule has 0 fully saturated rings. The zero-order valence-electron chi connectivity index (χ0n) is 21.9. The fraction of sp³-hybridized carbons (Fsp3) is 0.440. The van der Waals surface area contributed by atoms with Gasteiger partial charge >= 0.3 is 12.2 Å². The number of hydrogen-bond acceptors (Lipinski definition) is 6. The Balaban J connectivity index is 0.000000365. The first-order chi connectivity index (χ1) is 15.9. The highest BCUT2D eigenvalue weighted by atomic mass is 79.9. The lowest BCUT2D eigenvalue weighted by Gasteiger charge is -2.19. The summed E-state index contributed by atoms with van der Waals surface area (Å²) in [6, 6.07) is 7.05. The van der Waals surface area contributed by atoms with E-state index in [1.54, 1.807) is 51.4 Å². The van der Waals surface area contributed by atoms with Gasteiger partial charge in [0, 0.05) is 22.4 Å². The lowest BCUT2D eigenvalue weighted by molar-refractivity contribution is 0.0624. The number of halogens is 1. The van der Waals surface area contributed by atoms with E-state index in [-0.39, 0.29) is 0 Å². The summed E-state index contributed by atoms with van der Waals surface area (Å²) in [6.07, 6.45) is 2.20. The predicted molar refractivity (Wildman–Crippen MR) is 146 cm³/mol. The minimum atomic E-state index is -1.41. The fourth-order valence-electron chi connectivity index (χ4n) is 2.13. The third-order valence-electron chi connectivity index (χ3n) is 3.32. The summed E-state index contributed by atoms with van der Waals surface area (Å²) in [6.45, 7) is 17.4. The van der Waals surface area contributed by atoms with Crippen LogP contribution in [0.25, 0.3) is 0 Å². The molecule has 2 heterocycles. The molecule has 0 spiro atoms. The Morgan fingerprint density at radius 2 is 1.31 bits per heavy atom. The molecule has 0 saturated carbocycles. The van der Waals surface area contributed by atoms with Crippen LogP contribution in [-0.4, -0.2) is 41.4 Å². The van der Waals surface area contributed by atoms with Gasteiger partial charge in [0.15, 0.2) is 0 Å². The molecule has 2 N–H and O–H groups in total. The highest BCUT2D eigenvalue weighted by Gasteiger charge is 2.17. The number of carbonyl (C=O) groups is 2. The average Bonchev–Trinajstić information content (AvgIpc) is 2.63. The lowest BCUT2D eigenvalue weighted by Crippen LogP contribution is -2.27. The van der Waals surface area contributed by atoms with Crippen LogP contribution in [0.5, 0.6) is 0 Å². The fourth-order valence-corrected chi connectivity index (χ4v) is 2.98. The van der Waals surface area contributed by atoms with Crippen LogP contribution in [0.1, 0.15) is 47.1 Å². The second-order valence-electron chi connectivity index (χ2n) is 10.5. The number of amides is 2. The van der Waals surface area contributed by atoms with E-state index >= 15 is 0 Å². The Morgan fingerprint density at radius 3 is 1.74 bits per heavy atom. The largest absolute Gasteiger partial charge is 0.444 e. The van der Waals surface area contributed by atoms with Gasteiger partial charge in [-0.25, -0.2) is 19.6 Å². The van der Waals surface area contributed by atoms with Gasteiger partial charge in [0.2, 0.25) is 0 Å². The van der Waals surface area contributed by atoms with E-state index in [2.05, 4.69) is 67.6 Å². The van der Waals surface area contributed by atoms with E-state index in [1.165, 1.54) is 0 Å². The zero-order valence-corrected chi connectivity index (χ0v) is 24.5. The number of nitrogens with one attached hydrogen (secondary N) is 2. The van der Waals surface area contributed by atoms with Crippen LogP contribution in [-0.2, 0) is 9.47 Å². The number of anilines is 2. The van der Waals surface area contributed by atoms with Gasteiger partial charge in [-0.3, -0.25) is 10.6 Å². The summed E-state index contributed by atoms with van der Waals surface area (Å²) in [4.78, 5) is 31.1. The summed E-state index contributed by atoms with van der Waals surface area (Å²) >= 11 is 3.28. The van der Waals surface area contributed by atoms with Gasteiger partial charge in [-0.2, -0.15) is 0 Å². The second-order valence-corrected chi connectivity index (χ2v) is 16.2. The minimum absolute atomic E-state index is 0.446. The van der Waals surface area contributed by atoms with E-state index in [0.717, 1.165) is 10.0 Å². The molecule has 2 aromatic heterocycles. The summed E-state index contributed by atoms with van der Waals surface area (Å²) in [5, 5.41) is 5.14. The Labute approximate surface area is 217 Å². The van der Waals surface area contributed by atoms with Crippen molar-refractivity contribution < 1.29 is 19.1 Å². The molecule has 0 aromatic carbocycles. The number of nitrogens with zero attached hydrogens (tertiary/aromatic N) is 2. The normalized spacial score (nSPS) is 11.1. The number of aromatic nitrogens is 2. The van der Waals surface area contributed by atoms with Crippen LogP contribution in [0.3, 0.4) is 0 Å². The predicted octanol–water partition coefficient (Wildman–Crippen LogP) is 6.85. The maximum atomic E-state index is 11.7. The summed E-state index contributed by atoms with van der Waals surface area (Å²) in [5.74, 6) is 4.03. The van der Waals surface area contributed by atoms with Crippen molar-refractivity contribution in [2.24, 2.45) is 0 Å². The van der Waals surface area contributed by atoms with Crippen molar-refractivity contribution in [3.63, 3.8) is 0 Å². The molecule has 35 heavy (non-hydrogen) atoms. The van der Waals surface area contributed by atoms with Gasteiger partial charge in [0.25, 0.3) is 0 Å². The van der Waals surface area contributed by atoms with Gasteiger partial charge in [-0.1, -0.05) is 41.5 Å². The minimum Gasteiger partial charge on any atom is -0.444 e. The second kappa shape index (κ2) is 12.7. The SMILES string of the molecule is CC(C)(C)OC(=O)Nc1cc(Br)ccn1.CC(C)(C)OC(=O)Nc1cc(C#C[Si](C)(C)C)ccn1. The number of rotatable bonds is 2. The molecule has 0 saturated heterocycles. The molecule has 2 aromatic rings. The summed E-state index contributed by atoms with van der Waals surface area (Å²) in [5.41, 5.74) is 3.08. The maximum Gasteiger partial charge on any atom is 0.413 e. The first kappa shape index (κ1) is 30.1. The number of carbonyl (C=O) groups excluding carboxylic acids is 2. The molecule has 0 unspecified atom stereocenters. The lowest BCUT2D eigenvalue weighted by atomic mass is 10.2. The van der Waals surface area contributed by atoms with Gasteiger partial charge < -0.3 is 9.47 Å². The number of ether oxygens (including phenoxy) is 2. The first-order valence-corrected chi connectivity index (χ1v) is 15.3. The average molecular weight is 564 g/mol. The van der Waals surface area contributed by atoms with Gasteiger partial charge in [-0.15, -0.1) is 5.54 Å². The molecule has 10 heteroatoms. The van der Waals surface area contributed by atoms with Crippen molar-refractivity contribution >= 4 is 47.8 Å². The van der Waals surface area contributed by atoms with Crippen molar-refractivity contribution in [2.45, 2.75) is 72.4 Å². The molecule has 2 rings (SSSR count). The zero-order chi connectivity index (χ0) is 26.9. The van der Waals surface area contributed by atoms with E-state index in [1.807, 2.05) is 26.8 Å². The third-order valence-corrected chi connectivity index (χ3v) is 4.69. The van der Waals surface area contributed by atoms with Crippen LogP contribution in [0, 0.1) is 11.5 Å². The molecule has 0 bridgehead atoms. The molecular formula is C25H35BrN4O4Si. The Morgan fingerprint density at radius 1 is 0.857 bits per heavy atom. The van der Waals surface area contributed by atoms with Crippen LogP contribution >= 0.6 is 15.9 Å². The molecule has 0 radical (unpaired) electrons. The summed E-state index contributed by atoms with van der Waals surface area (Å²) < 4.78 is 11.1. The van der Waals surface area contributed by atoms with Gasteiger partial charge in [-0.05, 0) is 65.8 Å². The highest BCUT2D eigenvalue weighted by Crippen LogP contribution is 2.14. The van der Waals surface area contributed by atoms with Crippen molar-refractivity contribution in [1.29, 1.82) is 0 Å². The van der Waals surface area contributed by atoms with Gasteiger partial charge in [0.1, 0.15) is 30.9 Å². The highest BCUT2D eigenvalue weighted by molar-refractivity contribution is 9.10. The molecule has 8 nitrogen and oxygen atoms in total. The Hall–Kier alpha value is -2.90. The van der Waals surface area contributed by atoms with Crippen LogP contribution in [0.2, 0.25) is 19.6 Å². The molecule has 190 valence electrons. The van der Waals surface area contributed by atoms with Crippen molar-refractivity contribution in [3.05, 3.63) is 46.7 Å². The van der Waals surface area contributed by atoms with Crippen molar-refractivity contribution in [3.8, 4) is 11.5 Å². The topological polar surface area (TPSA) is 102 Å². The van der Waals surface area contributed by atoms with E-state index < -0.39 is 31.5 Å². The summed E-state index contributed by atoms with van der Waals surface area (Å²) in [7, 11) is -1.41. The maximum absolute atomic E-state index is 11.7. The first-order valence-electron chi connectivity index (χ1n) is 11.0. The van der Waals surface area contributed by atoms with E-state index in [4.69, 9.17) is 9.47 Å². The molecule has 2 amide bonds. The molecule has 0 aliphatic heterocycles.